The second kappa shape index (κ2) is 5.37. The smallest absolute Gasteiger partial charge is 0.0970 e. The van der Waals surface area contributed by atoms with E-state index in [1.54, 1.807) is 0 Å². The Balaban J connectivity index is 2.92. The topological polar surface area (TPSA) is 55.5 Å². The second-order valence-electron chi connectivity index (χ2n) is 1.57. The Morgan fingerprint density at radius 2 is 2.38 bits per heavy atom. The summed E-state index contributed by atoms with van der Waals surface area (Å²) in [4.78, 5) is 3.80. The predicted octanol–water partition coefficient (Wildman–Crippen LogP) is 0.123. The Hall–Kier alpha value is 0.230. The molecule has 50 valence electrons. The first-order chi connectivity index (χ1) is 3.81. The van der Waals surface area contributed by atoms with Crippen LogP contribution in [0.25, 0.3) is 0 Å². The Kier molecular flexibility index (Phi) is 5.52. The number of hydrogen-bond donors (Lipinski definition) is 3. The molecule has 1 unspecified atom stereocenters. The van der Waals surface area contributed by atoms with Gasteiger partial charge in [-0.15, -0.1) is 0 Å². The van der Waals surface area contributed by atoms with E-state index in [9.17, 15) is 0 Å². The van der Waals surface area contributed by atoms with E-state index in [1.807, 2.05) is 0 Å². The summed E-state index contributed by atoms with van der Waals surface area (Å²) >= 11 is 3.94. The van der Waals surface area contributed by atoms with Gasteiger partial charge in [0.25, 0.3) is 0 Å². The molecule has 0 aliphatic carbocycles. The monoisotopic (exact) mass is 137 g/mol. The molecule has 1 atom stereocenters. The van der Waals surface area contributed by atoms with Crippen molar-refractivity contribution in [1.82, 2.24) is 0 Å². The molecular formula is C4H11NO2S. The highest BCUT2D eigenvalue weighted by atomic mass is 32.1. The van der Waals surface area contributed by atoms with Gasteiger partial charge in [-0.3, -0.25) is 5.26 Å². The van der Waals surface area contributed by atoms with E-state index in [1.165, 1.54) is 0 Å². The molecule has 0 rings (SSSR count). The van der Waals surface area contributed by atoms with Crippen molar-refractivity contribution in [3.8, 4) is 0 Å². The van der Waals surface area contributed by atoms with Gasteiger partial charge >= 0.3 is 0 Å². The summed E-state index contributed by atoms with van der Waals surface area (Å²) in [6.45, 7) is 0.195. The van der Waals surface area contributed by atoms with Crippen LogP contribution in [0.3, 0.4) is 0 Å². The minimum absolute atomic E-state index is 0.0856. The molecule has 0 aromatic rings. The fourth-order valence-electron chi connectivity index (χ4n) is 0.345. The lowest BCUT2D eigenvalue weighted by Gasteiger charge is -2.04. The SMILES string of the molecule is NC(CCS)COO. The van der Waals surface area contributed by atoms with Gasteiger partial charge in [0.15, 0.2) is 0 Å². The maximum atomic E-state index is 7.86. The molecular weight excluding hydrogens is 126 g/mol. The Labute approximate surface area is 54.2 Å². The highest BCUT2D eigenvalue weighted by Crippen LogP contribution is 1.89. The van der Waals surface area contributed by atoms with E-state index in [0.717, 1.165) is 12.2 Å². The average molecular weight is 137 g/mol. The quantitative estimate of drug-likeness (QED) is 0.293. The Morgan fingerprint density at radius 3 is 2.75 bits per heavy atom. The van der Waals surface area contributed by atoms with Crippen molar-refractivity contribution in [2.75, 3.05) is 12.4 Å². The summed E-state index contributed by atoms with van der Waals surface area (Å²) in [5.41, 5.74) is 5.36. The number of hydrogen-bond acceptors (Lipinski definition) is 4. The molecule has 3 nitrogen and oxygen atoms in total. The number of thiol groups is 1. The minimum Gasteiger partial charge on any atom is -0.326 e. The Bertz CT molecular complexity index is 47.3. The highest BCUT2D eigenvalue weighted by molar-refractivity contribution is 7.80. The lowest BCUT2D eigenvalue weighted by molar-refractivity contribution is -0.245. The van der Waals surface area contributed by atoms with Crippen LogP contribution in [-0.2, 0) is 4.89 Å². The van der Waals surface area contributed by atoms with Crippen molar-refractivity contribution in [2.45, 2.75) is 12.5 Å². The number of nitrogens with two attached hydrogens (primary N) is 1. The van der Waals surface area contributed by atoms with Gasteiger partial charge in [0.1, 0.15) is 0 Å². The van der Waals surface area contributed by atoms with Gasteiger partial charge in [-0.25, -0.2) is 4.89 Å². The summed E-state index contributed by atoms with van der Waals surface area (Å²) in [6.07, 6.45) is 0.768. The molecule has 4 heteroatoms. The molecule has 0 spiro atoms. The summed E-state index contributed by atoms with van der Waals surface area (Å²) in [6, 6.07) is -0.0856. The van der Waals surface area contributed by atoms with Crippen LogP contribution in [0.15, 0.2) is 0 Å². The average Bonchev–Trinajstić information content (AvgIpc) is 1.68. The van der Waals surface area contributed by atoms with Gasteiger partial charge in [0.05, 0.1) is 6.61 Å². The van der Waals surface area contributed by atoms with Crippen LogP contribution in [0.2, 0.25) is 0 Å². The largest absolute Gasteiger partial charge is 0.326 e. The van der Waals surface area contributed by atoms with Crippen molar-refractivity contribution in [3.05, 3.63) is 0 Å². The maximum Gasteiger partial charge on any atom is 0.0970 e. The lowest BCUT2D eigenvalue weighted by atomic mass is 10.3. The molecule has 0 aromatic carbocycles. The summed E-state index contributed by atoms with van der Waals surface area (Å²) < 4.78 is 0. The zero-order valence-corrected chi connectivity index (χ0v) is 5.47. The van der Waals surface area contributed by atoms with Gasteiger partial charge in [0.2, 0.25) is 0 Å². The first kappa shape index (κ1) is 8.23. The van der Waals surface area contributed by atoms with Crippen molar-refractivity contribution >= 4 is 12.6 Å². The third-order valence-corrected chi connectivity index (χ3v) is 1.05. The lowest BCUT2D eigenvalue weighted by Crippen LogP contribution is -2.25. The molecule has 0 aromatic heterocycles. The predicted molar refractivity (Wildman–Crippen MR) is 35.0 cm³/mol. The van der Waals surface area contributed by atoms with Gasteiger partial charge in [-0.2, -0.15) is 12.6 Å². The molecule has 0 aliphatic rings. The molecule has 0 amide bonds. The molecule has 0 saturated carbocycles. The molecule has 0 radical (unpaired) electrons. The summed E-state index contributed by atoms with van der Waals surface area (Å²) in [5, 5.41) is 7.86. The minimum atomic E-state index is -0.0856. The zero-order chi connectivity index (χ0) is 6.41. The van der Waals surface area contributed by atoms with Crippen LogP contribution in [0, 0.1) is 0 Å². The maximum absolute atomic E-state index is 7.86. The van der Waals surface area contributed by atoms with Gasteiger partial charge < -0.3 is 5.73 Å². The van der Waals surface area contributed by atoms with Crippen LogP contribution in [0.4, 0.5) is 0 Å². The molecule has 3 N–H and O–H groups in total. The Morgan fingerprint density at radius 1 is 1.75 bits per heavy atom. The van der Waals surface area contributed by atoms with Crippen LogP contribution in [-0.4, -0.2) is 23.7 Å². The molecule has 0 fully saturated rings. The zero-order valence-electron chi connectivity index (χ0n) is 4.58. The van der Waals surface area contributed by atoms with E-state index >= 15 is 0 Å². The van der Waals surface area contributed by atoms with Gasteiger partial charge in [-0.1, -0.05) is 0 Å². The summed E-state index contributed by atoms with van der Waals surface area (Å²) in [5.74, 6) is 0.727. The molecule has 0 saturated heterocycles. The van der Waals surface area contributed by atoms with Crippen LogP contribution < -0.4 is 5.73 Å². The van der Waals surface area contributed by atoms with Crippen LogP contribution >= 0.6 is 12.6 Å². The van der Waals surface area contributed by atoms with Crippen molar-refractivity contribution in [1.29, 1.82) is 0 Å². The van der Waals surface area contributed by atoms with Crippen LogP contribution in [0.1, 0.15) is 6.42 Å². The fourth-order valence-corrected chi connectivity index (χ4v) is 0.677. The third-order valence-electron chi connectivity index (χ3n) is 0.789. The number of rotatable bonds is 4. The highest BCUT2D eigenvalue weighted by Gasteiger charge is 1.98. The third kappa shape index (κ3) is 4.39. The van der Waals surface area contributed by atoms with Crippen molar-refractivity contribution < 1.29 is 10.1 Å². The normalized spacial score (nSPS) is 13.9. The standard InChI is InChI=1S/C4H11NO2S/c5-4(1-2-8)3-7-6/h4,6,8H,1-3,5H2. The second-order valence-corrected chi connectivity index (χ2v) is 2.02. The van der Waals surface area contributed by atoms with Gasteiger partial charge in [0, 0.05) is 6.04 Å². The van der Waals surface area contributed by atoms with E-state index < -0.39 is 0 Å². The van der Waals surface area contributed by atoms with Crippen LogP contribution in [0.5, 0.6) is 0 Å². The first-order valence-electron chi connectivity index (χ1n) is 2.44. The molecule has 0 heterocycles. The van der Waals surface area contributed by atoms with Gasteiger partial charge in [-0.05, 0) is 12.2 Å². The molecule has 0 aliphatic heterocycles. The first-order valence-corrected chi connectivity index (χ1v) is 3.07. The molecule has 0 bridgehead atoms. The van der Waals surface area contributed by atoms with Crippen molar-refractivity contribution in [2.24, 2.45) is 5.73 Å². The summed E-state index contributed by atoms with van der Waals surface area (Å²) in [7, 11) is 0. The van der Waals surface area contributed by atoms with E-state index in [2.05, 4.69) is 17.5 Å². The van der Waals surface area contributed by atoms with E-state index in [0.29, 0.717) is 0 Å². The van der Waals surface area contributed by atoms with E-state index in [-0.39, 0.29) is 12.6 Å². The fraction of sp³-hybridized carbons (Fsp3) is 1.00. The van der Waals surface area contributed by atoms with Crippen molar-refractivity contribution in [3.63, 3.8) is 0 Å². The molecule has 8 heavy (non-hydrogen) atoms. The van der Waals surface area contributed by atoms with E-state index in [4.69, 9.17) is 11.0 Å².